The van der Waals surface area contributed by atoms with Gasteiger partial charge in [0.25, 0.3) is 0 Å². The molecule has 1 N–H and O–H groups in total. The van der Waals surface area contributed by atoms with Crippen molar-refractivity contribution in [1.82, 2.24) is 5.32 Å². The number of hydrogen-bond acceptors (Lipinski definition) is 3. The fourth-order valence-electron chi connectivity index (χ4n) is 4.27. The van der Waals surface area contributed by atoms with Crippen LogP contribution in [0.1, 0.15) is 32.1 Å². The Morgan fingerprint density at radius 2 is 2.04 bits per heavy atom. The summed E-state index contributed by atoms with van der Waals surface area (Å²) in [7, 11) is 0. The topological polar surface area (TPSA) is 29.1 Å². The van der Waals surface area contributed by atoms with E-state index in [4.69, 9.17) is 0 Å². The summed E-state index contributed by atoms with van der Waals surface area (Å²) in [5, 5.41) is 3.30. The van der Waals surface area contributed by atoms with Crippen LogP contribution < -0.4 is 5.32 Å². The predicted octanol–water partition coefficient (Wildman–Crippen LogP) is 5.35. The van der Waals surface area contributed by atoms with Crippen molar-refractivity contribution >= 4 is 33.5 Å². The molecule has 4 rings (SSSR count). The molecule has 0 amide bonds. The first-order valence-electron chi connectivity index (χ1n) is 8.33. The summed E-state index contributed by atoms with van der Waals surface area (Å²) in [6.45, 7) is 0. The van der Waals surface area contributed by atoms with Crippen molar-refractivity contribution in [3.05, 3.63) is 44.6 Å². The number of rotatable bonds is 1. The second kappa shape index (κ2) is 6.05. The summed E-state index contributed by atoms with van der Waals surface area (Å²) in [5.74, 6) is -0.311. The zero-order valence-electron chi connectivity index (χ0n) is 13.4. The van der Waals surface area contributed by atoms with Gasteiger partial charge >= 0.3 is 6.18 Å². The molecule has 2 atom stereocenters. The largest absolute Gasteiger partial charge is 0.399 e. The van der Waals surface area contributed by atoms with Crippen LogP contribution in [0.25, 0.3) is 0 Å². The number of ketones is 1. The molecule has 0 saturated heterocycles. The molecule has 0 aromatic carbocycles. The highest BCUT2D eigenvalue weighted by Crippen LogP contribution is 2.61. The molecule has 0 saturated carbocycles. The molecule has 2 unspecified atom stereocenters. The number of hydrogen-bond donors (Lipinski definition) is 1. The van der Waals surface area contributed by atoms with Crippen molar-refractivity contribution in [3.63, 3.8) is 0 Å². The van der Waals surface area contributed by atoms with Crippen molar-refractivity contribution in [2.45, 2.75) is 38.3 Å². The summed E-state index contributed by atoms with van der Waals surface area (Å²) in [4.78, 5) is 13.4. The van der Waals surface area contributed by atoms with Gasteiger partial charge in [-0.2, -0.15) is 13.2 Å². The summed E-state index contributed by atoms with van der Waals surface area (Å²) < 4.78 is 43.8. The van der Waals surface area contributed by atoms with Gasteiger partial charge in [-0.15, -0.1) is 11.8 Å². The second-order valence-corrected chi connectivity index (χ2v) is 9.01. The zero-order chi connectivity index (χ0) is 17.8. The monoisotopic (exact) mass is 431 g/mol. The smallest absolute Gasteiger partial charge is 0.361 e. The van der Waals surface area contributed by atoms with Crippen molar-refractivity contribution in [2.75, 3.05) is 5.75 Å². The lowest BCUT2D eigenvalue weighted by molar-refractivity contribution is -0.215. The number of halogens is 4. The third-order valence-corrected chi connectivity index (χ3v) is 7.14. The highest BCUT2D eigenvalue weighted by Gasteiger charge is 2.62. The van der Waals surface area contributed by atoms with E-state index < -0.39 is 17.5 Å². The van der Waals surface area contributed by atoms with Crippen LogP contribution in [-0.2, 0) is 4.79 Å². The van der Waals surface area contributed by atoms with Gasteiger partial charge in [-0.05, 0) is 30.2 Å². The zero-order valence-corrected chi connectivity index (χ0v) is 15.8. The SMILES string of the molecule is O=C1CCCC2=C1C(C1(C(F)(F)F)C=CC=C(Br)C1)C1=C(CCS1)N2. The fourth-order valence-corrected chi connectivity index (χ4v) is 6.23. The number of thioether (sulfide) groups is 1. The molecular weight excluding hydrogens is 415 g/mol. The molecular formula is C18H17BrF3NOS. The fraction of sp³-hybridized carbons (Fsp3) is 0.500. The van der Waals surface area contributed by atoms with E-state index in [9.17, 15) is 18.0 Å². The standard InChI is InChI=1S/C18H17BrF3NOS/c19-10-3-2-7-17(9-10,18(20,21)22)15-14-11(4-1-5-13(14)24)23-12-6-8-25-16(12)15/h2-3,7,15,23H,1,4-6,8-9H2. The number of nitrogens with one attached hydrogen (secondary N) is 1. The van der Waals surface area contributed by atoms with Crippen LogP contribution in [0.2, 0.25) is 0 Å². The molecule has 0 spiro atoms. The number of dihydropyridines is 1. The van der Waals surface area contributed by atoms with E-state index in [-0.39, 0.29) is 12.2 Å². The van der Waals surface area contributed by atoms with Crippen LogP contribution in [0.15, 0.2) is 44.6 Å². The number of carbonyl (C=O) groups excluding carboxylic acids is 1. The maximum atomic E-state index is 14.4. The van der Waals surface area contributed by atoms with E-state index in [2.05, 4.69) is 21.2 Å². The Kier molecular flexibility index (Phi) is 4.22. The van der Waals surface area contributed by atoms with Crippen LogP contribution in [0.5, 0.6) is 0 Å². The Labute approximate surface area is 156 Å². The van der Waals surface area contributed by atoms with Gasteiger partial charge in [-0.1, -0.05) is 34.2 Å². The molecule has 7 heteroatoms. The highest BCUT2D eigenvalue weighted by atomic mass is 79.9. The lowest BCUT2D eigenvalue weighted by Gasteiger charge is -2.45. The highest BCUT2D eigenvalue weighted by molar-refractivity contribution is 9.11. The van der Waals surface area contributed by atoms with Crippen LogP contribution in [0, 0.1) is 11.3 Å². The van der Waals surface area contributed by atoms with Crippen molar-refractivity contribution in [3.8, 4) is 0 Å². The average Bonchev–Trinajstić information content (AvgIpc) is 3.00. The van der Waals surface area contributed by atoms with E-state index in [0.29, 0.717) is 39.9 Å². The van der Waals surface area contributed by atoms with E-state index >= 15 is 0 Å². The summed E-state index contributed by atoms with van der Waals surface area (Å²) >= 11 is 4.73. The third kappa shape index (κ3) is 2.65. The molecule has 2 aliphatic carbocycles. The molecule has 0 radical (unpaired) electrons. The Morgan fingerprint density at radius 3 is 2.76 bits per heavy atom. The van der Waals surface area contributed by atoms with Gasteiger partial charge in [-0.25, -0.2) is 0 Å². The average molecular weight is 432 g/mol. The maximum Gasteiger partial charge on any atom is 0.399 e. The van der Waals surface area contributed by atoms with E-state index in [1.54, 1.807) is 6.08 Å². The van der Waals surface area contributed by atoms with E-state index in [1.165, 1.54) is 23.9 Å². The lowest BCUT2D eigenvalue weighted by Crippen LogP contribution is -2.48. The maximum absolute atomic E-state index is 14.4. The minimum absolute atomic E-state index is 0.138. The Hall–Kier alpha value is -0.950. The molecule has 2 nitrogen and oxygen atoms in total. The molecule has 0 bridgehead atoms. The van der Waals surface area contributed by atoms with Gasteiger partial charge in [0.1, 0.15) is 5.41 Å². The van der Waals surface area contributed by atoms with Gasteiger partial charge in [0.15, 0.2) is 5.78 Å². The third-order valence-electron chi connectivity index (χ3n) is 5.39. The van der Waals surface area contributed by atoms with Crippen LogP contribution in [-0.4, -0.2) is 17.7 Å². The molecule has 2 heterocycles. The van der Waals surface area contributed by atoms with Crippen LogP contribution >= 0.6 is 27.7 Å². The molecule has 134 valence electrons. The minimum atomic E-state index is -4.45. The van der Waals surface area contributed by atoms with Crippen molar-refractivity contribution in [2.24, 2.45) is 11.3 Å². The van der Waals surface area contributed by atoms with Gasteiger partial charge in [0.2, 0.25) is 0 Å². The number of Topliss-reactive ketones (excluding diaryl/α,β-unsaturated/α-hetero) is 1. The van der Waals surface area contributed by atoms with E-state index in [0.717, 1.165) is 17.9 Å². The first kappa shape index (κ1) is 17.5. The van der Waals surface area contributed by atoms with Crippen molar-refractivity contribution < 1.29 is 18.0 Å². The van der Waals surface area contributed by atoms with Crippen LogP contribution in [0.4, 0.5) is 13.2 Å². The minimum Gasteiger partial charge on any atom is -0.361 e. The van der Waals surface area contributed by atoms with Gasteiger partial charge in [-0.3, -0.25) is 4.79 Å². The first-order valence-corrected chi connectivity index (χ1v) is 10.1. The second-order valence-electron chi connectivity index (χ2n) is 6.86. The van der Waals surface area contributed by atoms with Crippen molar-refractivity contribution in [1.29, 1.82) is 0 Å². The Morgan fingerprint density at radius 1 is 1.24 bits per heavy atom. The molecule has 4 aliphatic rings. The van der Waals surface area contributed by atoms with Gasteiger partial charge < -0.3 is 5.32 Å². The molecule has 2 aliphatic heterocycles. The number of alkyl halides is 3. The molecule has 25 heavy (non-hydrogen) atoms. The van der Waals surface area contributed by atoms with Gasteiger partial charge in [0.05, 0.1) is 0 Å². The Balaban J connectivity index is 1.93. The van der Waals surface area contributed by atoms with E-state index in [1.807, 2.05) is 0 Å². The number of allylic oxidation sites excluding steroid dienone is 8. The van der Waals surface area contributed by atoms with Gasteiger partial charge in [0, 0.05) is 40.0 Å². The molecule has 0 aromatic heterocycles. The lowest BCUT2D eigenvalue weighted by atomic mass is 9.63. The summed E-state index contributed by atoms with van der Waals surface area (Å²) in [5.41, 5.74) is -0.117. The molecule has 0 aromatic rings. The van der Waals surface area contributed by atoms with Crippen LogP contribution in [0.3, 0.4) is 0 Å². The quantitative estimate of drug-likeness (QED) is 0.606. The Bertz CT molecular complexity index is 765. The first-order chi connectivity index (χ1) is 11.8. The molecule has 0 fully saturated rings. The number of carbonyl (C=O) groups is 1. The normalized spacial score (nSPS) is 32.4. The summed E-state index contributed by atoms with van der Waals surface area (Å²) in [6.07, 6.45) is 2.18. The summed E-state index contributed by atoms with van der Waals surface area (Å²) in [6, 6.07) is 0. The predicted molar refractivity (Wildman–Crippen MR) is 95.9 cm³/mol.